The highest BCUT2D eigenvalue weighted by Gasteiger charge is 2.05. The molecular weight excluding hydrogens is 240 g/mol. The van der Waals surface area contributed by atoms with Gasteiger partial charge in [-0.15, -0.1) is 5.10 Å². The van der Waals surface area contributed by atoms with E-state index in [2.05, 4.69) is 15.3 Å². The van der Waals surface area contributed by atoms with E-state index in [9.17, 15) is 0 Å². The largest absolute Gasteiger partial charge is 0.396 e. The van der Waals surface area contributed by atoms with Gasteiger partial charge in [-0.1, -0.05) is 29.5 Å². The van der Waals surface area contributed by atoms with Crippen molar-refractivity contribution in [2.45, 2.75) is 13.0 Å². The molecule has 5 heteroatoms. The van der Waals surface area contributed by atoms with Crippen molar-refractivity contribution >= 4 is 10.9 Å². The molecule has 0 saturated carbocycles. The van der Waals surface area contributed by atoms with Crippen LogP contribution in [0.4, 0.5) is 0 Å². The maximum Gasteiger partial charge on any atom is 0.0850 e. The molecule has 0 bridgehead atoms. The van der Waals surface area contributed by atoms with Crippen molar-refractivity contribution in [2.24, 2.45) is 0 Å². The van der Waals surface area contributed by atoms with E-state index < -0.39 is 0 Å². The van der Waals surface area contributed by atoms with Gasteiger partial charge in [-0.05, 0) is 11.6 Å². The summed E-state index contributed by atoms with van der Waals surface area (Å²) >= 11 is 0. The Morgan fingerprint density at radius 3 is 2.95 bits per heavy atom. The molecule has 0 saturated heterocycles. The summed E-state index contributed by atoms with van der Waals surface area (Å²) in [5.74, 6) is 0. The molecule has 0 radical (unpaired) electrons. The van der Waals surface area contributed by atoms with Gasteiger partial charge in [0.2, 0.25) is 0 Å². The molecule has 3 aromatic rings. The summed E-state index contributed by atoms with van der Waals surface area (Å²) in [6, 6.07) is 10.1. The first-order valence-electron chi connectivity index (χ1n) is 6.19. The molecule has 1 aromatic carbocycles. The standard InChI is InChI=1S/C14H14N4O/c19-8-6-13-10-18(17-16-13)9-12-4-1-3-11-5-2-7-15-14(11)12/h1-5,7,10,19H,6,8-9H2. The summed E-state index contributed by atoms with van der Waals surface area (Å²) in [7, 11) is 0. The number of rotatable bonds is 4. The van der Waals surface area contributed by atoms with E-state index in [4.69, 9.17) is 5.11 Å². The Hall–Kier alpha value is -2.27. The van der Waals surface area contributed by atoms with E-state index in [1.54, 1.807) is 10.9 Å². The minimum atomic E-state index is 0.0918. The van der Waals surface area contributed by atoms with Gasteiger partial charge in [0, 0.05) is 30.8 Å². The summed E-state index contributed by atoms with van der Waals surface area (Å²) in [5, 5.41) is 18.1. The SMILES string of the molecule is OCCc1cn(Cc2cccc3cccnc23)nn1. The van der Waals surface area contributed by atoms with Crippen LogP contribution in [0, 0.1) is 0 Å². The lowest BCUT2D eigenvalue weighted by Crippen LogP contribution is -2.01. The zero-order valence-corrected chi connectivity index (χ0v) is 10.4. The minimum absolute atomic E-state index is 0.0918. The molecule has 0 amide bonds. The molecule has 96 valence electrons. The van der Waals surface area contributed by atoms with E-state index >= 15 is 0 Å². The van der Waals surface area contributed by atoms with Gasteiger partial charge >= 0.3 is 0 Å². The van der Waals surface area contributed by atoms with Crippen LogP contribution in [0.25, 0.3) is 10.9 Å². The first-order chi connectivity index (χ1) is 9.36. The lowest BCUT2D eigenvalue weighted by molar-refractivity contribution is 0.298. The van der Waals surface area contributed by atoms with Gasteiger partial charge in [-0.2, -0.15) is 0 Å². The third-order valence-electron chi connectivity index (χ3n) is 3.00. The molecule has 19 heavy (non-hydrogen) atoms. The van der Waals surface area contributed by atoms with Crippen LogP contribution in [0.1, 0.15) is 11.3 Å². The molecule has 0 unspecified atom stereocenters. The number of aliphatic hydroxyl groups is 1. The van der Waals surface area contributed by atoms with E-state index in [0.717, 1.165) is 22.2 Å². The molecule has 2 heterocycles. The molecule has 3 rings (SSSR count). The number of fused-ring (bicyclic) bond motifs is 1. The number of para-hydroxylation sites is 1. The van der Waals surface area contributed by atoms with Gasteiger partial charge in [0.1, 0.15) is 0 Å². The zero-order chi connectivity index (χ0) is 13.1. The number of hydrogen-bond donors (Lipinski definition) is 1. The predicted molar refractivity (Wildman–Crippen MR) is 71.7 cm³/mol. The average Bonchev–Trinajstić information content (AvgIpc) is 2.87. The van der Waals surface area contributed by atoms with Crippen LogP contribution in [0.2, 0.25) is 0 Å². The summed E-state index contributed by atoms with van der Waals surface area (Å²) in [4.78, 5) is 4.42. The fourth-order valence-corrected chi connectivity index (χ4v) is 2.11. The minimum Gasteiger partial charge on any atom is -0.396 e. The van der Waals surface area contributed by atoms with E-state index in [1.165, 1.54) is 0 Å². The first-order valence-corrected chi connectivity index (χ1v) is 6.19. The summed E-state index contributed by atoms with van der Waals surface area (Å²) in [5.41, 5.74) is 2.90. The highest BCUT2D eigenvalue weighted by Crippen LogP contribution is 2.16. The molecule has 0 atom stereocenters. The summed E-state index contributed by atoms with van der Waals surface area (Å²) in [6.45, 7) is 0.724. The van der Waals surface area contributed by atoms with Gasteiger partial charge in [0.15, 0.2) is 0 Å². The maximum atomic E-state index is 8.87. The second kappa shape index (κ2) is 5.16. The van der Waals surface area contributed by atoms with Crippen LogP contribution in [0.3, 0.4) is 0 Å². The Kier molecular flexibility index (Phi) is 3.20. The van der Waals surface area contributed by atoms with Crippen LogP contribution < -0.4 is 0 Å². The Morgan fingerprint density at radius 2 is 2.05 bits per heavy atom. The fraction of sp³-hybridized carbons (Fsp3) is 0.214. The van der Waals surface area contributed by atoms with Gasteiger partial charge < -0.3 is 5.11 Å². The molecule has 0 aliphatic heterocycles. The number of nitrogens with zero attached hydrogens (tertiary/aromatic N) is 4. The number of aromatic nitrogens is 4. The van der Waals surface area contributed by atoms with Gasteiger partial charge in [-0.25, -0.2) is 4.68 Å². The van der Waals surface area contributed by atoms with Crippen molar-refractivity contribution in [3.05, 3.63) is 54.0 Å². The Balaban J connectivity index is 1.92. The molecule has 0 fully saturated rings. The zero-order valence-electron chi connectivity index (χ0n) is 10.4. The Labute approximate surface area is 110 Å². The molecule has 0 aliphatic carbocycles. The molecule has 1 N–H and O–H groups in total. The molecule has 2 aromatic heterocycles. The van der Waals surface area contributed by atoms with Crippen molar-refractivity contribution in [1.82, 2.24) is 20.0 Å². The van der Waals surface area contributed by atoms with Crippen molar-refractivity contribution in [3.8, 4) is 0 Å². The number of hydrogen-bond acceptors (Lipinski definition) is 4. The smallest absolute Gasteiger partial charge is 0.0850 e. The van der Waals surface area contributed by atoms with Crippen molar-refractivity contribution in [1.29, 1.82) is 0 Å². The maximum absolute atomic E-state index is 8.87. The van der Waals surface area contributed by atoms with Crippen molar-refractivity contribution in [2.75, 3.05) is 6.61 Å². The topological polar surface area (TPSA) is 63.8 Å². The van der Waals surface area contributed by atoms with Crippen LogP contribution in [-0.2, 0) is 13.0 Å². The summed E-state index contributed by atoms with van der Waals surface area (Å²) < 4.78 is 1.77. The fourth-order valence-electron chi connectivity index (χ4n) is 2.11. The molecular formula is C14H14N4O. The Bertz CT molecular complexity index is 687. The van der Waals surface area contributed by atoms with Gasteiger partial charge in [0.05, 0.1) is 17.8 Å². The van der Waals surface area contributed by atoms with E-state index in [0.29, 0.717) is 13.0 Å². The van der Waals surface area contributed by atoms with E-state index in [1.807, 2.05) is 36.5 Å². The quantitative estimate of drug-likeness (QED) is 0.764. The molecule has 0 aliphatic rings. The second-order valence-corrected chi connectivity index (χ2v) is 4.37. The normalized spacial score (nSPS) is 11.0. The molecule has 5 nitrogen and oxygen atoms in total. The van der Waals surface area contributed by atoms with E-state index in [-0.39, 0.29) is 6.61 Å². The number of aliphatic hydroxyl groups excluding tert-OH is 1. The lowest BCUT2D eigenvalue weighted by Gasteiger charge is -2.04. The molecule has 0 spiro atoms. The van der Waals surface area contributed by atoms with Crippen LogP contribution >= 0.6 is 0 Å². The predicted octanol–water partition coefficient (Wildman–Crippen LogP) is 1.41. The average molecular weight is 254 g/mol. The van der Waals surface area contributed by atoms with Crippen LogP contribution in [-0.4, -0.2) is 31.7 Å². The third kappa shape index (κ3) is 2.46. The van der Waals surface area contributed by atoms with Gasteiger partial charge in [0.25, 0.3) is 0 Å². The summed E-state index contributed by atoms with van der Waals surface area (Å²) in [6.07, 6.45) is 4.19. The van der Waals surface area contributed by atoms with Crippen LogP contribution in [0.5, 0.6) is 0 Å². The monoisotopic (exact) mass is 254 g/mol. The number of benzene rings is 1. The van der Waals surface area contributed by atoms with Crippen LogP contribution in [0.15, 0.2) is 42.7 Å². The lowest BCUT2D eigenvalue weighted by atomic mass is 10.1. The number of pyridine rings is 1. The third-order valence-corrected chi connectivity index (χ3v) is 3.00. The highest BCUT2D eigenvalue weighted by atomic mass is 16.3. The first kappa shape index (κ1) is 11.8. The van der Waals surface area contributed by atoms with Crippen molar-refractivity contribution in [3.63, 3.8) is 0 Å². The van der Waals surface area contributed by atoms with Crippen molar-refractivity contribution < 1.29 is 5.11 Å². The second-order valence-electron chi connectivity index (χ2n) is 4.37. The Morgan fingerprint density at radius 1 is 1.16 bits per heavy atom. The van der Waals surface area contributed by atoms with Gasteiger partial charge in [-0.3, -0.25) is 4.98 Å². The highest BCUT2D eigenvalue weighted by molar-refractivity contribution is 5.81.